The molecule has 2 N–H and O–H groups in total. The fourth-order valence-corrected chi connectivity index (χ4v) is 1.82. The quantitative estimate of drug-likeness (QED) is 0.775. The maximum Gasteiger partial charge on any atom is 0.100 e. The Morgan fingerprint density at radius 3 is 3.07 bits per heavy atom. The molecule has 0 aliphatic carbocycles. The van der Waals surface area contributed by atoms with E-state index in [0.717, 1.165) is 18.5 Å². The molecule has 2 rings (SSSR count). The highest BCUT2D eigenvalue weighted by Gasteiger charge is 2.35. The summed E-state index contributed by atoms with van der Waals surface area (Å²) >= 11 is 0. The zero-order chi connectivity index (χ0) is 10.0. The molecule has 1 saturated heterocycles. The van der Waals surface area contributed by atoms with Crippen LogP contribution in [0.3, 0.4) is 0 Å². The smallest absolute Gasteiger partial charge is 0.100 e. The second-order valence-corrected chi connectivity index (χ2v) is 4.05. The highest BCUT2D eigenvalue weighted by atomic mass is 16.5. The molecule has 2 unspecified atom stereocenters. The molecule has 0 spiro atoms. The van der Waals surface area contributed by atoms with Crippen LogP contribution in [0.25, 0.3) is 0 Å². The molecule has 76 valence electrons. The molecule has 3 nitrogen and oxygen atoms in total. The van der Waals surface area contributed by atoms with Crippen molar-refractivity contribution < 1.29 is 4.74 Å². The molecule has 0 aromatic carbocycles. The van der Waals surface area contributed by atoms with Crippen molar-refractivity contribution in [2.75, 3.05) is 6.54 Å². The van der Waals surface area contributed by atoms with Crippen molar-refractivity contribution in [1.29, 1.82) is 0 Å². The topological polar surface area (TPSA) is 48.1 Å². The lowest BCUT2D eigenvalue weighted by atomic mass is 10.0. The van der Waals surface area contributed by atoms with Crippen LogP contribution < -0.4 is 5.73 Å². The Labute approximate surface area is 84.3 Å². The van der Waals surface area contributed by atoms with E-state index in [9.17, 15) is 0 Å². The average molecular weight is 192 g/mol. The Bertz CT molecular complexity index is 301. The van der Waals surface area contributed by atoms with Gasteiger partial charge in [-0.2, -0.15) is 0 Å². The van der Waals surface area contributed by atoms with Gasteiger partial charge >= 0.3 is 0 Å². The number of hydrogen-bond acceptors (Lipinski definition) is 3. The van der Waals surface area contributed by atoms with Crippen LogP contribution in [-0.4, -0.2) is 17.1 Å². The second-order valence-electron chi connectivity index (χ2n) is 4.05. The van der Waals surface area contributed by atoms with Crippen LogP contribution in [0.1, 0.15) is 31.6 Å². The average Bonchev–Trinajstić information content (AvgIpc) is 2.63. The van der Waals surface area contributed by atoms with Gasteiger partial charge in [-0.25, -0.2) is 0 Å². The minimum atomic E-state index is -0.151. The number of hydrogen-bond donors (Lipinski definition) is 1. The lowest BCUT2D eigenvalue weighted by molar-refractivity contribution is -0.0247. The largest absolute Gasteiger partial charge is 0.364 e. The molecule has 0 saturated carbocycles. The third-order valence-electron chi connectivity index (χ3n) is 2.81. The number of ether oxygens (including phenoxy) is 1. The first kappa shape index (κ1) is 9.62. The molecule has 0 amide bonds. The van der Waals surface area contributed by atoms with Crippen LogP contribution >= 0.6 is 0 Å². The molecule has 3 heteroatoms. The summed E-state index contributed by atoms with van der Waals surface area (Å²) in [5.74, 6) is 0. The summed E-state index contributed by atoms with van der Waals surface area (Å²) in [7, 11) is 0. The molecule has 14 heavy (non-hydrogen) atoms. The van der Waals surface area contributed by atoms with Crippen molar-refractivity contribution in [3.05, 3.63) is 30.1 Å². The first-order chi connectivity index (χ1) is 6.73. The van der Waals surface area contributed by atoms with Crippen LogP contribution in [0, 0.1) is 0 Å². The van der Waals surface area contributed by atoms with Crippen LogP contribution in [0.4, 0.5) is 0 Å². The lowest BCUT2D eigenvalue weighted by Crippen LogP contribution is -2.33. The van der Waals surface area contributed by atoms with Gasteiger partial charge in [0.25, 0.3) is 0 Å². The van der Waals surface area contributed by atoms with Crippen molar-refractivity contribution in [1.82, 2.24) is 4.98 Å². The molecular weight excluding hydrogens is 176 g/mol. The second kappa shape index (κ2) is 3.67. The van der Waals surface area contributed by atoms with Gasteiger partial charge in [0, 0.05) is 12.7 Å². The highest BCUT2D eigenvalue weighted by molar-refractivity contribution is 5.09. The molecule has 2 heterocycles. The summed E-state index contributed by atoms with van der Waals surface area (Å²) in [5.41, 5.74) is 6.53. The Morgan fingerprint density at radius 2 is 2.50 bits per heavy atom. The molecular formula is C11H16N2O. The number of nitrogens with zero attached hydrogens (tertiary/aromatic N) is 1. The molecule has 1 aliphatic heterocycles. The summed E-state index contributed by atoms with van der Waals surface area (Å²) < 4.78 is 5.90. The van der Waals surface area contributed by atoms with Gasteiger partial charge in [-0.3, -0.25) is 4.98 Å². The predicted octanol–water partition coefficient (Wildman–Crippen LogP) is 1.65. The first-order valence-electron chi connectivity index (χ1n) is 5.02. The fraction of sp³-hybridized carbons (Fsp3) is 0.545. The predicted molar refractivity (Wildman–Crippen MR) is 54.8 cm³/mol. The third-order valence-corrected chi connectivity index (χ3v) is 2.81. The van der Waals surface area contributed by atoms with Gasteiger partial charge in [-0.05, 0) is 31.9 Å². The summed E-state index contributed by atoms with van der Waals surface area (Å²) in [6, 6.07) is 5.91. The van der Waals surface area contributed by atoms with E-state index in [2.05, 4.69) is 11.9 Å². The van der Waals surface area contributed by atoms with Crippen LogP contribution in [0.5, 0.6) is 0 Å². The molecule has 0 radical (unpaired) electrons. The third kappa shape index (κ3) is 1.79. The van der Waals surface area contributed by atoms with Crippen LogP contribution in [-0.2, 0) is 4.74 Å². The maximum absolute atomic E-state index is 5.90. The van der Waals surface area contributed by atoms with Gasteiger partial charge in [0.1, 0.15) is 6.10 Å². The van der Waals surface area contributed by atoms with E-state index in [4.69, 9.17) is 10.5 Å². The lowest BCUT2D eigenvalue weighted by Gasteiger charge is -2.22. The highest BCUT2D eigenvalue weighted by Crippen LogP contribution is 2.37. The minimum Gasteiger partial charge on any atom is -0.364 e. The van der Waals surface area contributed by atoms with E-state index in [1.54, 1.807) is 6.20 Å². The Morgan fingerprint density at radius 1 is 1.64 bits per heavy atom. The molecule has 1 aromatic rings. The van der Waals surface area contributed by atoms with E-state index >= 15 is 0 Å². The Kier molecular flexibility index (Phi) is 2.52. The van der Waals surface area contributed by atoms with Crippen molar-refractivity contribution in [3.63, 3.8) is 0 Å². The van der Waals surface area contributed by atoms with E-state index in [1.807, 2.05) is 18.2 Å². The van der Waals surface area contributed by atoms with Gasteiger partial charge in [-0.1, -0.05) is 6.07 Å². The van der Waals surface area contributed by atoms with Gasteiger partial charge in [0.2, 0.25) is 0 Å². The van der Waals surface area contributed by atoms with Crippen molar-refractivity contribution >= 4 is 0 Å². The summed E-state index contributed by atoms with van der Waals surface area (Å²) in [6.45, 7) is 2.65. The number of pyridine rings is 1. The maximum atomic E-state index is 5.90. The van der Waals surface area contributed by atoms with E-state index in [1.165, 1.54) is 0 Å². The van der Waals surface area contributed by atoms with Crippen molar-refractivity contribution in [3.8, 4) is 0 Å². The zero-order valence-electron chi connectivity index (χ0n) is 8.44. The standard InChI is InChI=1S/C11H16N2O/c1-11(8-12)6-5-10(14-11)9-4-2-3-7-13-9/h2-4,7,10H,5-6,8,12H2,1H3. The number of rotatable bonds is 2. The van der Waals surface area contributed by atoms with Crippen molar-refractivity contribution in [2.24, 2.45) is 5.73 Å². The van der Waals surface area contributed by atoms with E-state index in [-0.39, 0.29) is 11.7 Å². The summed E-state index contributed by atoms with van der Waals surface area (Å²) in [6.07, 6.45) is 3.97. The molecule has 0 bridgehead atoms. The molecule has 1 fully saturated rings. The van der Waals surface area contributed by atoms with Gasteiger partial charge in [0.05, 0.1) is 11.3 Å². The first-order valence-corrected chi connectivity index (χ1v) is 5.02. The molecule has 2 atom stereocenters. The van der Waals surface area contributed by atoms with Crippen LogP contribution in [0.15, 0.2) is 24.4 Å². The Balaban J connectivity index is 2.10. The minimum absolute atomic E-state index is 0.129. The van der Waals surface area contributed by atoms with E-state index < -0.39 is 0 Å². The Hall–Kier alpha value is -0.930. The van der Waals surface area contributed by atoms with Gasteiger partial charge in [0.15, 0.2) is 0 Å². The van der Waals surface area contributed by atoms with E-state index in [0.29, 0.717) is 6.54 Å². The van der Waals surface area contributed by atoms with Crippen LogP contribution in [0.2, 0.25) is 0 Å². The SMILES string of the molecule is CC1(CN)CCC(c2ccccn2)O1. The number of nitrogens with two attached hydrogens (primary N) is 1. The molecule has 1 aliphatic rings. The zero-order valence-corrected chi connectivity index (χ0v) is 8.44. The van der Waals surface area contributed by atoms with Gasteiger partial charge < -0.3 is 10.5 Å². The summed E-state index contributed by atoms with van der Waals surface area (Å²) in [5, 5.41) is 0. The van der Waals surface area contributed by atoms with Gasteiger partial charge in [-0.15, -0.1) is 0 Å². The number of aromatic nitrogens is 1. The summed E-state index contributed by atoms with van der Waals surface area (Å²) in [4.78, 5) is 4.29. The van der Waals surface area contributed by atoms with Crippen molar-refractivity contribution in [2.45, 2.75) is 31.5 Å². The fourth-order valence-electron chi connectivity index (χ4n) is 1.82. The normalized spacial score (nSPS) is 32.0. The monoisotopic (exact) mass is 192 g/mol. The molecule has 1 aromatic heterocycles.